The molecule has 2 aromatic rings. The fourth-order valence-electron chi connectivity index (χ4n) is 3.43. The van der Waals surface area contributed by atoms with Gasteiger partial charge in [0.05, 0.1) is 11.4 Å². The Kier molecular flexibility index (Phi) is 4.18. The molecule has 2 aliphatic carbocycles. The van der Waals surface area contributed by atoms with Crippen molar-refractivity contribution in [2.45, 2.75) is 81.7 Å². The Bertz CT molecular complexity index is 683. The summed E-state index contributed by atoms with van der Waals surface area (Å²) in [5.41, 5.74) is 2.45. The summed E-state index contributed by atoms with van der Waals surface area (Å²) in [5.74, 6) is 2.88. The van der Waals surface area contributed by atoms with Crippen LogP contribution in [0.25, 0.3) is 0 Å². The molecule has 124 valence electrons. The highest BCUT2D eigenvalue weighted by Gasteiger charge is 2.29. The summed E-state index contributed by atoms with van der Waals surface area (Å²) in [7, 11) is 0. The molecule has 23 heavy (non-hydrogen) atoms. The molecule has 0 unspecified atom stereocenters. The van der Waals surface area contributed by atoms with Gasteiger partial charge >= 0.3 is 0 Å². The fraction of sp³-hybridized carbons (Fsp3) is 0.706. The third-order valence-electron chi connectivity index (χ3n) is 5.05. The molecule has 2 aliphatic rings. The molecule has 0 bridgehead atoms. The lowest BCUT2D eigenvalue weighted by atomic mass is 9.95. The summed E-state index contributed by atoms with van der Waals surface area (Å²) in [6, 6.07) is 0.608. The van der Waals surface area contributed by atoms with Crippen LogP contribution in [-0.2, 0) is 5.75 Å². The summed E-state index contributed by atoms with van der Waals surface area (Å²) >= 11 is 1.73. The smallest absolute Gasteiger partial charge is 0.237 e. The predicted octanol–water partition coefficient (Wildman–Crippen LogP) is 4.56. The second-order valence-corrected chi connectivity index (χ2v) is 7.78. The molecule has 0 saturated heterocycles. The first kappa shape index (κ1) is 15.2. The largest absolute Gasteiger partial charge is 0.338 e. The quantitative estimate of drug-likeness (QED) is 0.751. The van der Waals surface area contributed by atoms with Crippen LogP contribution in [0.1, 0.15) is 80.0 Å². The van der Waals surface area contributed by atoms with Gasteiger partial charge in [0.2, 0.25) is 5.89 Å². The van der Waals surface area contributed by atoms with Gasteiger partial charge in [-0.1, -0.05) is 36.2 Å². The van der Waals surface area contributed by atoms with E-state index in [1.807, 2.05) is 0 Å². The molecule has 0 aromatic carbocycles. The van der Waals surface area contributed by atoms with Crippen molar-refractivity contribution in [2.24, 2.45) is 0 Å². The van der Waals surface area contributed by atoms with E-state index in [2.05, 4.69) is 28.6 Å². The van der Waals surface area contributed by atoms with E-state index in [0.717, 1.165) is 22.6 Å². The molecule has 0 amide bonds. The van der Waals surface area contributed by atoms with Crippen LogP contribution in [0.5, 0.6) is 0 Å². The zero-order chi connectivity index (χ0) is 15.8. The summed E-state index contributed by atoms with van der Waals surface area (Å²) in [5, 5.41) is 5.21. The monoisotopic (exact) mass is 332 g/mol. The molecule has 0 atom stereocenters. The van der Waals surface area contributed by atoms with E-state index in [4.69, 9.17) is 9.51 Å². The molecule has 2 fully saturated rings. The maximum atomic E-state index is 5.39. The third kappa shape index (κ3) is 3.18. The minimum atomic E-state index is 0.547. The van der Waals surface area contributed by atoms with Crippen LogP contribution < -0.4 is 0 Å². The van der Waals surface area contributed by atoms with Gasteiger partial charge in [-0.25, -0.2) is 4.98 Å². The van der Waals surface area contributed by atoms with Gasteiger partial charge in [-0.2, -0.15) is 4.98 Å². The van der Waals surface area contributed by atoms with Crippen LogP contribution >= 0.6 is 11.8 Å². The number of hydrogen-bond donors (Lipinski definition) is 0. The van der Waals surface area contributed by atoms with Gasteiger partial charge < -0.3 is 9.09 Å². The molecule has 0 aliphatic heterocycles. The van der Waals surface area contributed by atoms with Crippen LogP contribution in [0.3, 0.4) is 0 Å². The Labute approximate surface area is 141 Å². The van der Waals surface area contributed by atoms with Gasteiger partial charge in [-0.05, 0) is 39.5 Å². The summed E-state index contributed by atoms with van der Waals surface area (Å²) in [6.07, 6.45) is 9.00. The zero-order valence-electron chi connectivity index (χ0n) is 13.9. The average Bonchev–Trinajstić information content (AvgIpc) is 3.24. The van der Waals surface area contributed by atoms with Gasteiger partial charge in [-0.15, -0.1) is 0 Å². The zero-order valence-corrected chi connectivity index (χ0v) is 14.7. The minimum absolute atomic E-state index is 0.547. The highest BCUT2D eigenvalue weighted by atomic mass is 32.2. The molecule has 2 aromatic heterocycles. The van der Waals surface area contributed by atoms with E-state index in [9.17, 15) is 0 Å². The molecular formula is C17H24N4OS. The summed E-state index contributed by atoms with van der Waals surface area (Å²) < 4.78 is 7.85. The third-order valence-corrected chi connectivity index (χ3v) is 5.98. The maximum absolute atomic E-state index is 5.39. The lowest BCUT2D eigenvalue weighted by Gasteiger charge is -2.25. The number of thioether (sulfide) groups is 1. The van der Waals surface area contributed by atoms with Crippen LogP contribution in [0, 0.1) is 13.8 Å². The Morgan fingerprint density at radius 1 is 1.09 bits per heavy atom. The first-order valence-electron chi connectivity index (χ1n) is 8.73. The highest BCUT2D eigenvalue weighted by molar-refractivity contribution is 7.98. The molecule has 2 heterocycles. The topological polar surface area (TPSA) is 56.7 Å². The predicted molar refractivity (Wildman–Crippen MR) is 89.7 cm³/mol. The highest BCUT2D eigenvalue weighted by Crippen LogP contribution is 2.39. The number of hydrogen-bond acceptors (Lipinski definition) is 5. The van der Waals surface area contributed by atoms with Gasteiger partial charge in [-0.3, -0.25) is 0 Å². The standard InChI is InChI=1S/C17H24N4OS/c1-11-12(2)21(14-6-4-3-5-7-14)17(18-11)23-10-15-19-16(20-22-15)13-8-9-13/h13-14H,3-10H2,1-2H3. The molecule has 4 rings (SSSR count). The molecule has 6 heteroatoms. The molecule has 2 saturated carbocycles. The van der Waals surface area contributed by atoms with Gasteiger partial charge in [0.15, 0.2) is 11.0 Å². The average molecular weight is 332 g/mol. The Morgan fingerprint density at radius 3 is 2.61 bits per heavy atom. The van der Waals surface area contributed by atoms with Gasteiger partial charge in [0.1, 0.15) is 0 Å². The van der Waals surface area contributed by atoms with Crippen LogP contribution in [-0.4, -0.2) is 19.7 Å². The maximum Gasteiger partial charge on any atom is 0.237 e. The number of nitrogens with zero attached hydrogens (tertiary/aromatic N) is 4. The van der Waals surface area contributed by atoms with Crippen molar-refractivity contribution in [1.29, 1.82) is 0 Å². The number of aryl methyl sites for hydroxylation is 1. The fourth-order valence-corrected chi connectivity index (χ4v) is 4.42. The number of rotatable bonds is 5. The second kappa shape index (κ2) is 6.30. The summed E-state index contributed by atoms with van der Waals surface area (Å²) in [4.78, 5) is 9.31. The van der Waals surface area contributed by atoms with Crippen molar-refractivity contribution < 1.29 is 4.52 Å². The molecule has 0 N–H and O–H groups in total. The van der Waals surface area contributed by atoms with Crippen molar-refractivity contribution in [1.82, 2.24) is 19.7 Å². The Hall–Kier alpha value is -1.30. The second-order valence-electron chi connectivity index (χ2n) is 6.84. The first-order valence-corrected chi connectivity index (χ1v) is 9.71. The van der Waals surface area contributed by atoms with Gasteiger partial charge in [0.25, 0.3) is 0 Å². The first-order chi connectivity index (χ1) is 11.2. The van der Waals surface area contributed by atoms with E-state index in [-0.39, 0.29) is 0 Å². The van der Waals surface area contributed by atoms with E-state index in [1.54, 1.807) is 11.8 Å². The Morgan fingerprint density at radius 2 is 1.87 bits per heavy atom. The van der Waals surface area contributed by atoms with Crippen molar-refractivity contribution in [3.05, 3.63) is 23.1 Å². The molecule has 0 spiro atoms. The SMILES string of the molecule is Cc1nc(SCc2nc(C3CC3)no2)n(C2CCCCC2)c1C. The normalized spacial score (nSPS) is 19.4. The van der Waals surface area contributed by atoms with E-state index in [1.165, 1.54) is 50.6 Å². The van der Waals surface area contributed by atoms with Crippen LogP contribution in [0.15, 0.2) is 9.68 Å². The van der Waals surface area contributed by atoms with Crippen molar-refractivity contribution in [3.63, 3.8) is 0 Å². The van der Waals surface area contributed by atoms with E-state index < -0.39 is 0 Å². The van der Waals surface area contributed by atoms with Gasteiger partial charge in [0, 0.05) is 17.7 Å². The molecule has 5 nitrogen and oxygen atoms in total. The van der Waals surface area contributed by atoms with E-state index in [0.29, 0.717) is 17.7 Å². The summed E-state index contributed by atoms with van der Waals surface area (Å²) in [6.45, 7) is 4.30. The van der Waals surface area contributed by atoms with Crippen molar-refractivity contribution in [2.75, 3.05) is 0 Å². The van der Waals surface area contributed by atoms with Crippen LogP contribution in [0.4, 0.5) is 0 Å². The van der Waals surface area contributed by atoms with E-state index >= 15 is 0 Å². The minimum Gasteiger partial charge on any atom is -0.338 e. The van der Waals surface area contributed by atoms with Crippen LogP contribution in [0.2, 0.25) is 0 Å². The van der Waals surface area contributed by atoms with Crippen molar-refractivity contribution in [3.8, 4) is 0 Å². The lowest BCUT2D eigenvalue weighted by molar-refractivity contribution is 0.332. The molecular weight excluding hydrogens is 308 g/mol. The number of imidazole rings is 1. The Balaban J connectivity index is 1.49. The molecule has 0 radical (unpaired) electrons. The van der Waals surface area contributed by atoms with Crippen molar-refractivity contribution >= 4 is 11.8 Å². The lowest BCUT2D eigenvalue weighted by Crippen LogP contribution is -2.15. The number of aromatic nitrogens is 4.